The van der Waals surface area contributed by atoms with Crippen molar-refractivity contribution in [2.24, 2.45) is 18.0 Å². The summed E-state index contributed by atoms with van der Waals surface area (Å²) in [6.45, 7) is 5.59. The number of nitrogens with one attached hydrogen (secondary N) is 3. The molecule has 0 aliphatic heterocycles. The zero-order valence-corrected chi connectivity index (χ0v) is 16.8. The van der Waals surface area contributed by atoms with Gasteiger partial charge in [-0.2, -0.15) is 0 Å². The smallest absolute Gasteiger partial charge is 0.223 e. The van der Waals surface area contributed by atoms with Crippen LogP contribution in [0.3, 0.4) is 0 Å². The lowest BCUT2D eigenvalue weighted by molar-refractivity contribution is -0.122. The Morgan fingerprint density at radius 3 is 2.57 bits per heavy atom. The molecule has 1 aromatic carbocycles. The number of carbonyl (C=O) groups excluding carboxylic acids is 1. The Bertz CT molecular complexity index is 811. The van der Waals surface area contributed by atoms with Gasteiger partial charge in [-0.1, -0.05) is 30.3 Å². The highest BCUT2D eigenvalue weighted by molar-refractivity contribution is 5.81. The second kappa shape index (κ2) is 9.34. The molecule has 2 aromatic rings. The molecule has 3 N–H and O–H groups in total. The Labute approximate surface area is 165 Å². The van der Waals surface area contributed by atoms with Crippen molar-refractivity contribution in [2.45, 2.75) is 39.3 Å². The summed E-state index contributed by atoms with van der Waals surface area (Å²) >= 11 is 0. The summed E-state index contributed by atoms with van der Waals surface area (Å²) in [7, 11) is 1.93. The van der Waals surface area contributed by atoms with Gasteiger partial charge in [0.2, 0.25) is 5.91 Å². The van der Waals surface area contributed by atoms with Crippen LogP contribution in [-0.2, 0) is 18.4 Å². The predicted molar refractivity (Wildman–Crippen MR) is 109 cm³/mol. The Kier molecular flexibility index (Phi) is 6.62. The first-order chi connectivity index (χ1) is 13.5. The van der Waals surface area contributed by atoms with Gasteiger partial charge in [-0.15, -0.1) is 10.2 Å². The molecule has 8 heteroatoms. The van der Waals surface area contributed by atoms with Gasteiger partial charge in [-0.05, 0) is 32.3 Å². The highest BCUT2D eigenvalue weighted by atomic mass is 16.2. The van der Waals surface area contributed by atoms with Crippen molar-refractivity contribution < 1.29 is 4.79 Å². The van der Waals surface area contributed by atoms with Gasteiger partial charge < -0.3 is 20.5 Å². The van der Waals surface area contributed by atoms with Crippen molar-refractivity contribution in [1.29, 1.82) is 0 Å². The highest BCUT2D eigenvalue weighted by Crippen LogP contribution is 2.28. The maximum atomic E-state index is 11.8. The van der Waals surface area contributed by atoms with E-state index in [4.69, 9.17) is 0 Å². The quantitative estimate of drug-likeness (QED) is 0.364. The van der Waals surface area contributed by atoms with Crippen molar-refractivity contribution in [3.05, 3.63) is 47.5 Å². The number of aryl methyl sites for hydroxylation is 1. The summed E-state index contributed by atoms with van der Waals surface area (Å²) in [5.41, 5.74) is 1.17. The predicted octanol–water partition coefficient (Wildman–Crippen LogP) is 1.45. The molecule has 0 bridgehead atoms. The number of rotatable bonds is 8. The van der Waals surface area contributed by atoms with Crippen LogP contribution in [-0.4, -0.2) is 39.7 Å². The van der Waals surface area contributed by atoms with Crippen LogP contribution in [0.2, 0.25) is 0 Å². The summed E-state index contributed by atoms with van der Waals surface area (Å²) in [6.07, 6.45) is 2.03. The van der Waals surface area contributed by atoms with E-state index >= 15 is 0 Å². The van der Waals surface area contributed by atoms with Crippen LogP contribution in [0.1, 0.15) is 43.0 Å². The lowest BCUT2D eigenvalue weighted by Crippen LogP contribution is -2.42. The van der Waals surface area contributed by atoms with Gasteiger partial charge in [0, 0.05) is 26.1 Å². The molecule has 1 amide bonds. The Morgan fingerprint density at radius 2 is 1.93 bits per heavy atom. The van der Waals surface area contributed by atoms with E-state index in [-0.39, 0.29) is 17.9 Å². The lowest BCUT2D eigenvalue weighted by atomic mass is 10.1. The van der Waals surface area contributed by atoms with E-state index < -0.39 is 0 Å². The normalized spacial score (nSPS) is 15.2. The number of benzene rings is 1. The van der Waals surface area contributed by atoms with Gasteiger partial charge in [0.15, 0.2) is 11.8 Å². The number of hydrogen-bond acceptors (Lipinski definition) is 4. The van der Waals surface area contributed by atoms with Crippen LogP contribution in [0.25, 0.3) is 0 Å². The molecule has 1 heterocycles. The van der Waals surface area contributed by atoms with Crippen LogP contribution in [0, 0.1) is 12.8 Å². The fourth-order valence-corrected chi connectivity index (χ4v) is 2.78. The molecule has 1 aliphatic carbocycles. The maximum absolute atomic E-state index is 11.8. The molecule has 1 fully saturated rings. The van der Waals surface area contributed by atoms with Crippen LogP contribution >= 0.6 is 0 Å². The van der Waals surface area contributed by atoms with Crippen molar-refractivity contribution >= 4 is 11.9 Å². The largest absolute Gasteiger partial charge is 0.355 e. The fraction of sp³-hybridized carbons (Fsp3) is 0.500. The zero-order chi connectivity index (χ0) is 19.9. The van der Waals surface area contributed by atoms with Crippen LogP contribution in [0.5, 0.6) is 0 Å². The first kappa shape index (κ1) is 19.9. The summed E-state index contributed by atoms with van der Waals surface area (Å²) < 4.78 is 1.93. The zero-order valence-electron chi connectivity index (χ0n) is 16.8. The number of carbonyl (C=O) groups is 1. The third kappa shape index (κ3) is 5.55. The average Bonchev–Trinajstić information content (AvgIpc) is 3.51. The molecule has 150 valence electrons. The van der Waals surface area contributed by atoms with E-state index in [1.54, 1.807) is 0 Å². The van der Waals surface area contributed by atoms with Gasteiger partial charge in [0.1, 0.15) is 12.4 Å². The number of aliphatic imine (C=N–C) groups is 1. The summed E-state index contributed by atoms with van der Waals surface area (Å²) in [6, 6.07) is 10.3. The monoisotopic (exact) mass is 383 g/mol. The van der Waals surface area contributed by atoms with Crippen molar-refractivity contribution in [1.82, 2.24) is 30.7 Å². The molecule has 0 saturated heterocycles. The molecule has 1 aliphatic rings. The third-order valence-corrected chi connectivity index (χ3v) is 4.88. The minimum absolute atomic E-state index is 0.0923. The minimum Gasteiger partial charge on any atom is -0.355 e. The molecule has 8 nitrogen and oxygen atoms in total. The van der Waals surface area contributed by atoms with Crippen LogP contribution < -0.4 is 16.0 Å². The number of hydrogen-bond donors (Lipinski definition) is 3. The molecule has 1 saturated carbocycles. The Balaban J connectivity index is 1.59. The fourth-order valence-electron chi connectivity index (χ4n) is 2.78. The summed E-state index contributed by atoms with van der Waals surface area (Å²) in [5.74, 6) is 2.71. The third-order valence-electron chi connectivity index (χ3n) is 4.88. The molecular weight excluding hydrogens is 354 g/mol. The van der Waals surface area contributed by atoms with Crippen molar-refractivity contribution in [3.8, 4) is 0 Å². The standard InChI is InChI=1S/C20H29N7O/c1-14(16-7-5-4-6-8-16)24-20(22-12-11-21-19(28)17-9-10-17)23-13-18-26-25-15(2)27(18)3/h4-8,14,17H,9-13H2,1-3H3,(H,21,28)(H2,22,23,24). The van der Waals surface area contributed by atoms with Gasteiger partial charge in [-0.25, -0.2) is 4.99 Å². The van der Waals surface area contributed by atoms with Gasteiger partial charge in [0.05, 0.1) is 6.04 Å². The van der Waals surface area contributed by atoms with E-state index in [0.29, 0.717) is 25.6 Å². The molecule has 1 aromatic heterocycles. The van der Waals surface area contributed by atoms with E-state index in [1.807, 2.05) is 36.7 Å². The maximum Gasteiger partial charge on any atom is 0.223 e. The Hall–Kier alpha value is -2.90. The first-order valence-corrected chi connectivity index (χ1v) is 9.77. The second-order valence-corrected chi connectivity index (χ2v) is 7.16. The van der Waals surface area contributed by atoms with E-state index in [1.165, 1.54) is 5.56 Å². The molecule has 0 radical (unpaired) electrons. The van der Waals surface area contributed by atoms with Gasteiger partial charge >= 0.3 is 0 Å². The lowest BCUT2D eigenvalue weighted by Gasteiger charge is -2.19. The van der Waals surface area contributed by atoms with E-state index in [0.717, 1.165) is 24.5 Å². The van der Waals surface area contributed by atoms with Gasteiger partial charge in [-0.3, -0.25) is 4.79 Å². The Morgan fingerprint density at radius 1 is 1.21 bits per heavy atom. The summed E-state index contributed by atoms with van der Waals surface area (Å²) in [5, 5.41) is 17.9. The number of nitrogens with zero attached hydrogens (tertiary/aromatic N) is 4. The van der Waals surface area contributed by atoms with Gasteiger partial charge in [0.25, 0.3) is 0 Å². The highest BCUT2D eigenvalue weighted by Gasteiger charge is 2.28. The molecule has 1 atom stereocenters. The van der Waals surface area contributed by atoms with Crippen LogP contribution in [0.15, 0.2) is 35.3 Å². The summed E-state index contributed by atoms with van der Waals surface area (Å²) in [4.78, 5) is 16.4. The number of guanidine groups is 1. The van der Waals surface area contributed by atoms with Crippen LogP contribution in [0.4, 0.5) is 0 Å². The second-order valence-electron chi connectivity index (χ2n) is 7.16. The van der Waals surface area contributed by atoms with Crippen molar-refractivity contribution in [2.75, 3.05) is 13.1 Å². The van der Waals surface area contributed by atoms with E-state index in [9.17, 15) is 4.79 Å². The topological polar surface area (TPSA) is 96.2 Å². The minimum atomic E-state index is 0.0923. The molecule has 0 spiro atoms. The number of amides is 1. The molecular formula is C20H29N7O. The van der Waals surface area contributed by atoms with E-state index in [2.05, 4.69) is 50.2 Å². The average molecular weight is 384 g/mol. The first-order valence-electron chi connectivity index (χ1n) is 9.77. The van der Waals surface area contributed by atoms with Crippen molar-refractivity contribution in [3.63, 3.8) is 0 Å². The molecule has 1 unspecified atom stereocenters. The molecule has 28 heavy (non-hydrogen) atoms. The molecule has 3 rings (SSSR count). The SMILES string of the molecule is Cc1nnc(CN=C(NCCNC(=O)C2CC2)NC(C)c2ccccc2)n1C. The number of aromatic nitrogens is 3.